The second-order valence-electron chi connectivity index (χ2n) is 7.40. The average Bonchev–Trinajstić information content (AvgIpc) is 3.12. The standard InChI is InChI=1S/C22H24N2O5.ClH/c1-14(10-15(2)22(28)29-13-16-6-5-9-23-12-16)20(25)24-18-8-4-3-7-17(18)11-19(24)21(26)27;/h3-9,12,14-15,19H,10-11,13H2,1-2H3,(H,26,27);1H/t14-,15-,19+;/m1./s1. The molecule has 0 radical (unpaired) electrons. The molecule has 2 aromatic rings. The van der Waals surface area contributed by atoms with Gasteiger partial charge in [-0.3, -0.25) is 19.5 Å². The van der Waals surface area contributed by atoms with Crippen molar-refractivity contribution in [3.8, 4) is 0 Å². The predicted octanol–water partition coefficient (Wildman–Crippen LogP) is 3.25. The molecule has 0 saturated heterocycles. The molecule has 0 bridgehead atoms. The third-order valence-corrected chi connectivity index (χ3v) is 5.13. The molecule has 1 N–H and O–H groups in total. The van der Waals surface area contributed by atoms with Crippen LogP contribution in [0.3, 0.4) is 0 Å². The number of nitrogens with zero attached hydrogens (tertiary/aromatic N) is 2. The summed E-state index contributed by atoms with van der Waals surface area (Å²) in [6.07, 6.45) is 3.82. The minimum absolute atomic E-state index is 0. The van der Waals surface area contributed by atoms with Crippen molar-refractivity contribution < 1.29 is 24.2 Å². The first-order valence-corrected chi connectivity index (χ1v) is 9.57. The lowest BCUT2D eigenvalue weighted by atomic mass is 9.95. The number of benzene rings is 1. The van der Waals surface area contributed by atoms with E-state index in [1.165, 1.54) is 4.90 Å². The van der Waals surface area contributed by atoms with Crippen LogP contribution in [0.4, 0.5) is 5.69 Å². The van der Waals surface area contributed by atoms with E-state index < -0.39 is 29.8 Å². The number of carboxylic acid groups (broad SMARTS) is 1. The highest BCUT2D eigenvalue weighted by Gasteiger charge is 2.40. The van der Waals surface area contributed by atoms with Crippen molar-refractivity contribution in [3.05, 3.63) is 59.9 Å². The van der Waals surface area contributed by atoms with Gasteiger partial charge in [-0.15, -0.1) is 12.4 Å². The van der Waals surface area contributed by atoms with Crippen LogP contribution in [0.25, 0.3) is 0 Å². The van der Waals surface area contributed by atoms with Gasteiger partial charge >= 0.3 is 11.9 Å². The van der Waals surface area contributed by atoms with Crippen molar-refractivity contribution in [2.75, 3.05) is 4.90 Å². The molecule has 1 aromatic carbocycles. The molecule has 1 aliphatic rings. The third-order valence-electron chi connectivity index (χ3n) is 5.13. The summed E-state index contributed by atoms with van der Waals surface area (Å²) in [6, 6.07) is 9.86. The SMILES string of the molecule is C[C@H](C[C@@H](C)C(=O)N1c2ccccc2C[C@H]1C(=O)O)C(=O)OCc1cccnc1.Cl. The largest absolute Gasteiger partial charge is 0.480 e. The first-order chi connectivity index (χ1) is 13.9. The Labute approximate surface area is 181 Å². The van der Waals surface area contributed by atoms with Gasteiger partial charge < -0.3 is 9.84 Å². The number of rotatable bonds is 7. The number of hydrogen-bond donors (Lipinski definition) is 1. The predicted molar refractivity (Wildman–Crippen MR) is 113 cm³/mol. The summed E-state index contributed by atoms with van der Waals surface area (Å²) in [5, 5.41) is 9.56. The molecule has 160 valence electrons. The van der Waals surface area contributed by atoms with Crippen molar-refractivity contribution in [1.29, 1.82) is 0 Å². The van der Waals surface area contributed by atoms with Gasteiger partial charge in [-0.05, 0) is 24.1 Å². The number of anilines is 1. The highest BCUT2D eigenvalue weighted by atomic mass is 35.5. The Balaban J connectivity index is 0.00000320. The topological polar surface area (TPSA) is 96.8 Å². The molecule has 0 fully saturated rings. The molecule has 1 aromatic heterocycles. The number of aliphatic carboxylic acids is 1. The summed E-state index contributed by atoms with van der Waals surface area (Å²) in [5.41, 5.74) is 2.25. The number of aromatic nitrogens is 1. The molecule has 3 rings (SSSR count). The summed E-state index contributed by atoms with van der Waals surface area (Å²) in [5.74, 6) is -2.75. The number of carbonyl (C=O) groups excluding carboxylic acids is 2. The molecule has 3 atom stereocenters. The number of carboxylic acids is 1. The number of ether oxygens (including phenoxy) is 1. The minimum atomic E-state index is -1.04. The summed E-state index contributed by atoms with van der Waals surface area (Å²) >= 11 is 0. The van der Waals surface area contributed by atoms with E-state index in [1.54, 1.807) is 44.4 Å². The van der Waals surface area contributed by atoms with Crippen LogP contribution in [-0.2, 0) is 32.1 Å². The van der Waals surface area contributed by atoms with Crippen molar-refractivity contribution in [3.63, 3.8) is 0 Å². The van der Waals surface area contributed by atoms with Crippen LogP contribution in [0.1, 0.15) is 31.4 Å². The van der Waals surface area contributed by atoms with Crippen molar-refractivity contribution in [1.82, 2.24) is 4.98 Å². The zero-order valence-corrected chi connectivity index (χ0v) is 17.7. The summed E-state index contributed by atoms with van der Waals surface area (Å²) in [7, 11) is 0. The molecular weight excluding hydrogens is 408 g/mol. The second-order valence-corrected chi connectivity index (χ2v) is 7.40. The first-order valence-electron chi connectivity index (χ1n) is 9.57. The maximum absolute atomic E-state index is 13.1. The van der Waals surface area contributed by atoms with Crippen LogP contribution >= 0.6 is 12.4 Å². The molecule has 1 aliphatic heterocycles. The number of carbonyl (C=O) groups is 3. The Kier molecular flexibility index (Phi) is 7.94. The third kappa shape index (κ3) is 5.16. The van der Waals surface area contributed by atoms with E-state index in [0.29, 0.717) is 5.69 Å². The fourth-order valence-electron chi connectivity index (χ4n) is 3.60. The lowest BCUT2D eigenvalue weighted by Crippen LogP contribution is -2.45. The van der Waals surface area contributed by atoms with Gasteiger partial charge in [0.2, 0.25) is 5.91 Å². The Hall–Kier alpha value is -2.93. The lowest BCUT2D eigenvalue weighted by Gasteiger charge is -2.26. The summed E-state index contributed by atoms with van der Waals surface area (Å²) < 4.78 is 5.31. The van der Waals surface area contributed by atoms with Crippen molar-refractivity contribution in [2.24, 2.45) is 11.8 Å². The maximum Gasteiger partial charge on any atom is 0.327 e. The van der Waals surface area contributed by atoms with Crippen LogP contribution in [0.5, 0.6) is 0 Å². The monoisotopic (exact) mass is 432 g/mol. The van der Waals surface area contributed by atoms with Gasteiger partial charge in [0.1, 0.15) is 12.6 Å². The Morgan fingerprint density at radius 2 is 1.90 bits per heavy atom. The van der Waals surface area contributed by atoms with Gasteiger partial charge in [-0.1, -0.05) is 38.1 Å². The zero-order valence-electron chi connectivity index (χ0n) is 16.9. The van der Waals surface area contributed by atoms with Gasteiger partial charge in [-0.25, -0.2) is 4.79 Å². The molecule has 30 heavy (non-hydrogen) atoms. The summed E-state index contributed by atoms with van der Waals surface area (Å²) in [4.78, 5) is 42.4. The highest BCUT2D eigenvalue weighted by molar-refractivity contribution is 6.03. The van der Waals surface area contributed by atoms with Crippen LogP contribution in [0.15, 0.2) is 48.8 Å². The van der Waals surface area contributed by atoms with E-state index in [2.05, 4.69) is 4.98 Å². The molecule has 8 heteroatoms. The zero-order chi connectivity index (χ0) is 21.0. The number of halogens is 1. The van der Waals surface area contributed by atoms with Crippen LogP contribution in [-0.4, -0.2) is 34.0 Å². The van der Waals surface area contributed by atoms with E-state index in [0.717, 1.165) is 11.1 Å². The molecule has 0 aliphatic carbocycles. The Bertz CT molecular complexity index is 905. The summed E-state index contributed by atoms with van der Waals surface area (Å²) in [6.45, 7) is 3.55. The van der Waals surface area contributed by atoms with E-state index in [-0.39, 0.29) is 37.8 Å². The Morgan fingerprint density at radius 1 is 1.17 bits per heavy atom. The Morgan fingerprint density at radius 3 is 2.57 bits per heavy atom. The molecule has 7 nitrogen and oxygen atoms in total. The normalized spacial score (nSPS) is 16.7. The first kappa shape index (κ1) is 23.3. The molecule has 2 heterocycles. The van der Waals surface area contributed by atoms with E-state index in [1.807, 2.05) is 18.2 Å². The molecule has 0 unspecified atom stereocenters. The smallest absolute Gasteiger partial charge is 0.327 e. The number of pyridine rings is 1. The van der Waals surface area contributed by atoms with Gasteiger partial charge in [0, 0.05) is 36.0 Å². The molecular formula is C22H25ClN2O5. The fourth-order valence-corrected chi connectivity index (χ4v) is 3.60. The van der Waals surface area contributed by atoms with Gasteiger partial charge in [-0.2, -0.15) is 0 Å². The molecule has 0 spiro atoms. The average molecular weight is 433 g/mol. The quantitative estimate of drug-likeness (QED) is 0.674. The van der Waals surface area contributed by atoms with Crippen molar-refractivity contribution in [2.45, 2.75) is 39.3 Å². The number of amides is 1. The van der Waals surface area contributed by atoms with E-state index in [9.17, 15) is 19.5 Å². The van der Waals surface area contributed by atoms with Gasteiger partial charge in [0.25, 0.3) is 0 Å². The lowest BCUT2D eigenvalue weighted by molar-refractivity contribution is -0.150. The highest BCUT2D eigenvalue weighted by Crippen LogP contribution is 2.34. The van der Waals surface area contributed by atoms with E-state index >= 15 is 0 Å². The second kappa shape index (κ2) is 10.2. The number of esters is 1. The van der Waals surface area contributed by atoms with E-state index in [4.69, 9.17) is 4.74 Å². The van der Waals surface area contributed by atoms with Gasteiger partial charge in [0.05, 0.1) is 5.92 Å². The van der Waals surface area contributed by atoms with Crippen LogP contribution in [0.2, 0.25) is 0 Å². The number of fused-ring (bicyclic) bond motifs is 1. The van der Waals surface area contributed by atoms with Gasteiger partial charge in [0.15, 0.2) is 0 Å². The molecule has 1 amide bonds. The number of para-hydroxylation sites is 1. The number of hydrogen-bond acceptors (Lipinski definition) is 5. The molecule has 0 saturated carbocycles. The van der Waals surface area contributed by atoms with Crippen LogP contribution in [0, 0.1) is 11.8 Å². The minimum Gasteiger partial charge on any atom is -0.480 e. The van der Waals surface area contributed by atoms with Crippen LogP contribution < -0.4 is 4.90 Å². The van der Waals surface area contributed by atoms with Crippen molar-refractivity contribution >= 4 is 35.9 Å². The fraction of sp³-hybridized carbons (Fsp3) is 0.364. The maximum atomic E-state index is 13.1.